The summed E-state index contributed by atoms with van der Waals surface area (Å²) in [5.74, 6) is -0.111. The molecule has 0 N–H and O–H groups in total. The van der Waals surface area contributed by atoms with E-state index in [2.05, 4.69) is 30.4 Å². The lowest BCUT2D eigenvalue weighted by Crippen LogP contribution is -2.45. The summed E-state index contributed by atoms with van der Waals surface area (Å²) in [7, 11) is 1.45. The van der Waals surface area contributed by atoms with Crippen LogP contribution in [0.3, 0.4) is 0 Å². The zero-order chi connectivity index (χ0) is 10.8. The maximum absolute atomic E-state index is 11.1. The average Bonchev–Trinajstić information content (AvgIpc) is 2.45. The summed E-state index contributed by atoms with van der Waals surface area (Å²) in [6, 6.07) is 0.292. The van der Waals surface area contributed by atoms with Gasteiger partial charge in [0.1, 0.15) is 0 Å². The number of hydrogen-bond acceptors (Lipinski definition) is 3. The highest BCUT2D eigenvalue weighted by atomic mass is 16.5. The van der Waals surface area contributed by atoms with E-state index < -0.39 is 0 Å². The number of carbonyl (C=O) groups is 1. The molecule has 3 nitrogen and oxygen atoms in total. The second-order valence-electron chi connectivity index (χ2n) is 4.74. The summed E-state index contributed by atoms with van der Waals surface area (Å²) < 4.78 is 4.68. The van der Waals surface area contributed by atoms with Gasteiger partial charge in [-0.1, -0.05) is 0 Å². The molecule has 14 heavy (non-hydrogen) atoms. The first-order valence-electron chi connectivity index (χ1n) is 5.31. The first-order valence-corrected chi connectivity index (χ1v) is 5.31. The molecular formula is C11H21NO2. The number of rotatable bonds is 3. The molecule has 1 rings (SSSR count). The van der Waals surface area contributed by atoms with E-state index in [0.29, 0.717) is 12.5 Å². The van der Waals surface area contributed by atoms with Gasteiger partial charge < -0.3 is 4.74 Å². The van der Waals surface area contributed by atoms with Crippen LogP contribution in [-0.4, -0.2) is 36.1 Å². The molecule has 0 saturated carbocycles. The van der Waals surface area contributed by atoms with Crippen molar-refractivity contribution in [3.8, 4) is 0 Å². The summed E-state index contributed by atoms with van der Waals surface area (Å²) in [5.41, 5.74) is 0.243. The third-order valence-electron chi connectivity index (χ3n) is 3.19. The fraction of sp³-hybridized carbons (Fsp3) is 0.909. The van der Waals surface area contributed by atoms with Crippen LogP contribution in [0.25, 0.3) is 0 Å². The molecule has 1 fully saturated rings. The Hall–Kier alpha value is -0.570. The van der Waals surface area contributed by atoms with Gasteiger partial charge in [0.25, 0.3) is 0 Å². The number of ether oxygens (including phenoxy) is 1. The van der Waals surface area contributed by atoms with Gasteiger partial charge in [0, 0.05) is 11.6 Å². The lowest BCUT2D eigenvalue weighted by molar-refractivity contribution is -0.142. The van der Waals surface area contributed by atoms with Crippen LogP contribution in [0.4, 0.5) is 0 Å². The van der Waals surface area contributed by atoms with E-state index in [1.54, 1.807) is 0 Å². The molecule has 82 valence electrons. The Labute approximate surface area is 86.4 Å². The van der Waals surface area contributed by atoms with Crippen LogP contribution in [0.1, 0.15) is 40.0 Å². The van der Waals surface area contributed by atoms with Crippen LogP contribution in [-0.2, 0) is 9.53 Å². The minimum absolute atomic E-state index is 0.111. The van der Waals surface area contributed by atoms with Gasteiger partial charge in [-0.25, -0.2) is 0 Å². The number of methoxy groups -OCH3 is 1. The number of carbonyl (C=O) groups excluding carboxylic acids is 1. The second-order valence-corrected chi connectivity index (χ2v) is 4.74. The Morgan fingerprint density at radius 2 is 2.21 bits per heavy atom. The first-order chi connectivity index (χ1) is 6.47. The Kier molecular flexibility index (Phi) is 3.53. The Morgan fingerprint density at radius 3 is 2.64 bits per heavy atom. The third-order valence-corrected chi connectivity index (χ3v) is 3.19. The highest BCUT2D eigenvalue weighted by Gasteiger charge is 2.35. The van der Waals surface area contributed by atoms with Crippen LogP contribution in [0.5, 0.6) is 0 Å². The molecular weight excluding hydrogens is 178 g/mol. The summed E-state index contributed by atoms with van der Waals surface area (Å²) in [5, 5.41) is 0. The SMILES string of the molecule is COC(=O)CC(C)N1CCCC1(C)C. The van der Waals surface area contributed by atoms with E-state index in [0.717, 1.165) is 6.54 Å². The number of likely N-dealkylation sites (tertiary alicyclic amines) is 1. The van der Waals surface area contributed by atoms with Gasteiger partial charge in [0.05, 0.1) is 13.5 Å². The molecule has 1 saturated heterocycles. The van der Waals surface area contributed by atoms with Gasteiger partial charge in [0.15, 0.2) is 0 Å². The van der Waals surface area contributed by atoms with Crippen molar-refractivity contribution in [3.63, 3.8) is 0 Å². The van der Waals surface area contributed by atoms with Crippen molar-refractivity contribution in [2.75, 3.05) is 13.7 Å². The maximum Gasteiger partial charge on any atom is 0.307 e. The summed E-state index contributed by atoms with van der Waals surface area (Å²) >= 11 is 0. The molecule has 0 radical (unpaired) electrons. The minimum atomic E-state index is -0.111. The van der Waals surface area contributed by atoms with E-state index in [1.165, 1.54) is 20.0 Å². The van der Waals surface area contributed by atoms with Gasteiger partial charge in [-0.15, -0.1) is 0 Å². The van der Waals surface area contributed by atoms with Crippen LogP contribution in [0, 0.1) is 0 Å². The Bertz CT molecular complexity index is 213. The molecule has 0 bridgehead atoms. The van der Waals surface area contributed by atoms with Crippen LogP contribution in [0.15, 0.2) is 0 Å². The highest BCUT2D eigenvalue weighted by molar-refractivity contribution is 5.69. The Morgan fingerprint density at radius 1 is 1.57 bits per heavy atom. The van der Waals surface area contributed by atoms with Crippen molar-refractivity contribution < 1.29 is 9.53 Å². The smallest absolute Gasteiger partial charge is 0.307 e. The van der Waals surface area contributed by atoms with Gasteiger partial charge in [-0.05, 0) is 40.2 Å². The van der Waals surface area contributed by atoms with E-state index in [-0.39, 0.29) is 11.5 Å². The van der Waals surface area contributed by atoms with Gasteiger partial charge in [-0.3, -0.25) is 9.69 Å². The molecule has 1 heterocycles. The quantitative estimate of drug-likeness (QED) is 0.649. The normalized spacial score (nSPS) is 23.4. The van der Waals surface area contributed by atoms with E-state index in [1.807, 2.05) is 0 Å². The zero-order valence-corrected chi connectivity index (χ0v) is 9.67. The number of hydrogen-bond donors (Lipinski definition) is 0. The molecule has 1 aliphatic rings. The molecule has 0 aromatic heterocycles. The van der Waals surface area contributed by atoms with Crippen LogP contribution >= 0.6 is 0 Å². The van der Waals surface area contributed by atoms with Crippen LogP contribution < -0.4 is 0 Å². The van der Waals surface area contributed by atoms with Gasteiger partial charge >= 0.3 is 5.97 Å². The second kappa shape index (κ2) is 4.30. The molecule has 0 aromatic carbocycles. The van der Waals surface area contributed by atoms with Crippen molar-refractivity contribution in [1.29, 1.82) is 0 Å². The molecule has 3 heteroatoms. The van der Waals surface area contributed by atoms with E-state index in [4.69, 9.17) is 0 Å². The lowest BCUT2D eigenvalue weighted by atomic mass is 10.00. The molecule has 0 amide bonds. The highest BCUT2D eigenvalue weighted by Crippen LogP contribution is 2.30. The van der Waals surface area contributed by atoms with E-state index in [9.17, 15) is 4.79 Å². The topological polar surface area (TPSA) is 29.5 Å². The van der Waals surface area contributed by atoms with E-state index >= 15 is 0 Å². The predicted molar refractivity (Wildman–Crippen MR) is 56.1 cm³/mol. The average molecular weight is 199 g/mol. The monoisotopic (exact) mass is 199 g/mol. The van der Waals surface area contributed by atoms with Crippen molar-refractivity contribution in [3.05, 3.63) is 0 Å². The van der Waals surface area contributed by atoms with Crippen LogP contribution in [0.2, 0.25) is 0 Å². The standard InChI is InChI=1S/C11H21NO2/c1-9(8-10(13)14-4)12-7-5-6-11(12,2)3/h9H,5-8H2,1-4H3. The molecule has 0 spiro atoms. The third kappa shape index (κ3) is 2.47. The summed E-state index contributed by atoms with van der Waals surface area (Å²) in [6.45, 7) is 7.69. The zero-order valence-electron chi connectivity index (χ0n) is 9.67. The lowest BCUT2D eigenvalue weighted by Gasteiger charge is -2.36. The van der Waals surface area contributed by atoms with Crippen molar-refractivity contribution in [2.24, 2.45) is 0 Å². The predicted octanol–water partition coefficient (Wildman–Crippen LogP) is 1.81. The fourth-order valence-corrected chi connectivity index (χ4v) is 2.38. The van der Waals surface area contributed by atoms with Gasteiger partial charge in [-0.2, -0.15) is 0 Å². The molecule has 0 aromatic rings. The number of esters is 1. The van der Waals surface area contributed by atoms with Crippen molar-refractivity contribution in [1.82, 2.24) is 4.90 Å². The minimum Gasteiger partial charge on any atom is -0.469 e. The van der Waals surface area contributed by atoms with Crippen molar-refractivity contribution in [2.45, 2.75) is 51.6 Å². The fourth-order valence-electron chi connectivity index (χ4n) is 2.38. The summed E-state index contributed by atoms with van der Waals surface area (Å²) in [6.07, 6.45) is 2.96. The van der Waals surface area contributed by atoms with Crippen molar-refractivity contribution >= 4 is 5.97 Å². The molecule has 1 aliphatic heterocycles. The Balaban J connectivity index is 2.52. The van der Waals surface area contributed by atoms with Gasteiger partial charge in [0.2, 0.25) is 0 Å². The maximum atomic E-state index is 11.1. The first kappa shape index (κ1) is 11.5. The molecule has 1 unspecified atom stereocenters. The number of nitrogens with zero attached hydrogens (tertiary/aromatic N) is 1. The molecule has 0 aliphatic carbocycles. The summed E-state index contributed by atoms with van der Waals surface area (Å²) in [4.78, 5) is 13.5. The largest absolute Gasteiger partial charge is 0.469 e. The molecule has 1 atom stereocenters.